The van der Waals surface area contributed by atoms with Gasteiger partial charge in [0.2, 0.25) is 5.91 Å². The minimum Gasteiger partial charge on any atom is -0.352 e. The Balaban J connectivity index is 1.39. The first-order valence-corrected chi connectivity index (χ1v) is 9.89. The van der Waals surface area contributed by atoms with E-state index in [1.54, 1.807) is 0 Å². The fourth-order valence-corrected chi connectivity index (χ4v) is 4.80. The SMILES string of the molecule is CC1CCCC(NC(=O)CN2CCN(C3CCCC3)CC2)C1C. The first-order chi connectivity index (χ1) is 11.1. The molecule has 3 aliphatic rings. The number of piperazine rings is 1. The van der Waals surface area contributed by atoms with Crippen LogP contribution in [0.5, 0.6) is 0 Å². The highest BCUT2D eigenvalue weighted by molar-refractivity contribution is 5.78. The number of carbonyl (C=O) groups is 1. The third-order valence-electron chi connectivity index (χ3n) is 6.67. The van der Waals surface area contributed by atoms with E-state index in [1.807, 2.05) is 0 Å². The third-order valence-corrected chi connectivity index (χ3v) is 6.67. The Hall–Kier alpha value is -0.610. The van der Waals surface area contributed by atoms with Crippen molar-refractivity contribution >= 4 is 5.91 Å². The van der Waals surface area contributed by atoms with Gasteiger partial charge < -0.3 is 5.32 Å². The maximum absolute atomic E-state index is 12.4. The summed E-state index contributed by atoms with van der Waals surface area (Å²) in [7, 11) is 0. The highest BCUT2D eigenvalue weighted by Gasteiger charge is 2.30. The minimum absolute atomic E-state index is 0.241. The molecule has 0 radical (unpaired) electrons. The zero-order valence-electron chi connectivity index (χ0n) is 15.1. The van der Waals surface area contributed by atoms with E-state index in [4.69, 9.17) is 0 Å². The molecule has 4 heteroatoms. The Morgan fingerprint density at radius 2 is 1.65 bits per heavy atom. The zero-order chi connectivity index (χ0) is 16.2. The normalized spacial score (nSPS) is 34.6. The average Bonchev–Trinajstić information content (AvgIpc) is 3.07. The number of carbonyl (C=O) groups excluding carboxylic acids is 1. The largest absolute Gasteiger partial charge is 0.352 e. The Bertz CT molecular complexity index is 386. The van der Waals surface area contributed by atoms with E-state index in [2.05, 4.69) is 29.0 Å². The summed E-state index contributed by atoms with van der Waals surface area (Å²) in [5, 5.41) is 3.32. The van der Waals surface area contributed by atoms with E-state index in [1.165, 1.54) is 38.5 Å². The van der Waals surface area contributed by atoms with Gasteiger partial charge in [0.05, 0.1) is 6.54 Å². The van der Waals surface area contributed by atoms with Crippen LogP contribution in [0, 0.1) is 11.8 Å². The lowest BCUT2D eigenvalue weighted by Gasteiger charge is -2.38. The second-order valence-electron chi connectivity index (χ2n) is 8.19. The van der Waals surface area contributed by atoms with Crippen LogP contribution >= 0.6 is 0 Å². The van der Waals surface area contributed by atoms with Crippen LogP contribution < -0.4 is 5.32 Å². The van der Waals surface area contributed by atoms with Crippen molar-refractivity contribution in [3.8, 4) is 0 Å². The number of hydrogen-bond donors (Lipinski definition) is 1. The quantitative estimate of drug-likeness (QED) is 0.864. The summed E-state index contributed by atoms with van der Waals surface area (Å²) >= 11 is 0. The molecule has 3 unspecified atom stereocenters. The fraction of sp³-hybridized carbons (Fsp3) is 0.947. The Labute approximate surface area is 142 Å². The second-order valence-corrected chi connectivity index (χ2v) is 8.19. The van der Waals surface area contributed by atoms with E-state index in [0.717, 1.165) is 44.6 Å². The maximum atomic E-state index is 12.4. The lowest BCUT2D eigenvalue weighted by atomic mass is 9.78. The van der Waals surface area contributed by atoms with Crippen LogP contribution in [-0.2, 0) is 4.79 Å². The van der Waals surface area contributed by atoms with Gasteiger partial charge in [-0.15, -0.1) is 0 Å². The maximum Gasteiger partial charge on any atom is 0.234 e. The van der Waals surface area contributed by atoms with Crippen LogP contribution in [0.4, 0.5) is 0 Å². The molecule has 4 nitrogen and oxygen atoms in total. The zero-order valence-corrected chi connectivity index (χ0v) is 15.1. The topological polar surface area (TPSA) is 35.6 Å². The van der Waals surface area contributed by atoms with Gasteiger partial charge in [0.15, 0.2) is 0 Å². The van der Waals surface area contributed by atoms with Gasteiger partial charge in [0, 0.05) is 38.3 Å². The molecule has 1 aliphatic heterocycles. The number of nitrogens with zero attached hydrogens (tertiary/aromatic N) is 2. The van der Waals surface area contributed by atoms with Crippen LogP contribution in [0.3, 0.4) is 0 Å². The molecule has 0 aromatic rings. The summed E-state index contributed by atoms with van der Waals surface area (Å²) < 4.78 is 0. The smallest absolute Gasteiger partial charge is 0.234 e. The summed E-state index contributed by atoms with van der Waals surface area (Å²) in [5.74, 6) is 1.60. The molecule has 132 valence electrons. The molecule has 1 saturated heterocycles. The average molecular weight is 322 g/mol. The van der Waals surface area contributed by atoms with Crippen LogP contribution in [0.25, 0.3) is 0 Å². The van der Waals surface area contributed by atoms with Crippen LogP contribution in [-0.4, -0.2) is 60.5 Å². The van der Waals surface area contributed by atoms with Crippen LogP contribution in [0.1, 0.15) is 58.8 Å². The molecule has 1 amide bonds. The number of nitrogens with one attached hydrogen (secondary N) is 1. The molecule has 1 heterocycles. The van der Waals surface area contributed by atoms with Crippen molar-refractivity contribution < 1.29 is 4.79 Å². The van der Waals surface area contributed by atoms with Gasteiger partial charge in [-0.05, 0) is 31.1 Å². The summed E-state index contributed by atoms with van der Waals surface area (Å²) in [6.07, 6.45) is 9.33. The van der Waals surface area contributed by atoms with Gasteiger partial charge in [-0.2, -0.15) is 0 Å². The molecule has 3 fully saturated rings. The summed E-state index contributed by atoms with van der Waals surface area (Å²) in [6, 6.07) is 1.22. The second kappa shape index (κ2) is 7.98. The Morgan fingerprint density at radius 1 is 0.957 bits per heavy atom. The molecular weight excluding hydrogens is 286 g/mol. The van der Waals surface area contributed by atoms with Gasteiger partial charge in [-0.3, -0.25) is 14.6 Å². The van der Waals surface area contributed by atoms with Crippen LogP contribution in [0.2, 0.25) is 0 Å². The van der Waals surface area contributed by atoms with E-state index in [-0.39, 0.29) is 5.91 Å². The summed E-state index contributed by atoms with van der Waals surface area (Å²) in [5.41, 5.74) is 0. The van der Waals surface area contributed by atoms with Crippen molar-refractivity contribution in [2.45, 2.75) is 70.9 Å². The van der Waals surface area contributed by atoms with E-state index in [0.29, 0.717) is 18.5 Å². The summed E-state index contributed by atoms with van der Waals surface area (Å²) in [4.78, 5) is 17.4. The van der Waals surface area contributed by atoms with Crippen LogP contribution in [0.15, 0.2) is 0 Å². The molecule has 0 spiro atoms. The lowest BCUT2D eigenvalue weighted by molar-refractivity contribution is -0.124. The number of rotatable bonds is 4. The number of amides is 1. The van der Waals surface area contributed by atoms with Crippen molar-refractivity contribution in [2.75, 3.05) is 32.7 Å². The van der Waals surface area contributed by atoms with Gasteiger partial charge in [-0.25, -0.2) is 0 Å². The van der Waals surface area contributed by atoms with Crippen molar-refractivity contribution in [1.82, 2.24) is 15.1 Å². The predicted octanol–water partition coefficient (Wildman–Crippen LogP) is 2.49. The van der Waals surface area contributed by atoms with Crippen molar-refractivity contribution in [2.24, 2.45) is 11.8 Å². The molecule has 0 aromatic heterocycles. The predicted molar refractivity (Wildman–Crippen MR) is 94.4 cm³/mol. The van der Waals surface area contributed by atoms with E-state index < -0.39 is 0 Å². The Kier molecular flexibility index (Phi) is 5.97. The lowest BCUT2D eigenvalue weighted by Crippen LogP contribution is -2.53. The molecule has 3 rings (SSSR count). The molecule has 23 heavy (non-hydrogen) atoms. The van der Waals surface area contributed by atoms with Gasteiger partial charge >= 0.3 is 0 Å². The minimum atomic E-state index is 0.241. The third kappa shape index (κ3) is 4.48. The summed E-state index contributed by atoms with van der Waals surface area (Å²) in [6.45, 7) is 9.63. The van der Waals surface area contributed by atoms with Gasteiger partial charge in [-0.1, -0.05) is 39.5 Å². The van der Waals surface area contributed by atoms with Gasteiger partial charge in [0.1, 0.15) is 0 Å². The highest BCUT2D eigenvalue weighted by atomic mass is 16.2. The van der Waals surface area contributed by atoms with E-state index in [9.17, 15) is 4.79 Å². The van der Waals surface area contributed by atoms with Crippen molar-refractivity contribution in [1.29, 1.82) is 0 Å². The molecule has 0 aromatic carbocycles. The standard InChI is InChI=1S/C19H35N3O/c1-15-6-5-9-18(16(15)2)20-19(23)14-21-10-12-22(13-11-21)17-7-3-4-8-17/h15-18H,3-14H2,1-2H3,(H,20,23). The van der Waals surface area contributed by atoms with Crippen molar-refractivity contribution in [3.05, 3.63) is 0 Å². The molecule has 2 saturated carbocycles. The highest BCUT2D eigenvalue weighted by Crippen LogP contribution is 2.29. The molecule has 0 bridgehead atoms. The monoisotopic (exact) mass is 321 g/mol. The molecular formula is C19H35N3O. The first-order valence-electron chi connectivity index (χ1n) is 9.89. The molecule has 2 aliphatic carbocycles. The first kappa shape index (κ1) is 17.2. The molecule has 3 atom stereocenters. The Morgan fingerprint density at radius 3 is 2.35 bits per heavy atom. The fourth-order valence-electron chi connectivity index (χ4n) is 4.80. The van der Waals surface area contributed by atoms with Gasteiger partial charge in [0.25, 0.3) is 0 Å². The molecule has 1 N–H and O–H groups in total. The van der Waals surface area contributed by atoms with Crippen molar-refractivity contribution in [3.63, 3.8) is 0 Å². The number of hydrogen-bond acceptors (Lipinski definition) is 3. The van der Waals surface area contributed by atoms with E-state index >= 15 is 0 Å².